The summed E-state index contributed by atoms with van der Waals surface area (Å²) in [4.78, 5) is 28.0. The monoisotopic (exact) mass is 333 g/mol. The number of nitriles is 1. The fraction of sp³-hybridized carbons (Fsp3) is 0.438. The van der Waals surface area contributed by atoms with E-state index in [0.29, 0.717) is 30.5 Å². The average molecular weight is 334 g/mol. The summed E-state index contributed by atoms with van der Waals surface area (Å²) in [6.45, 7) is 1.66. The Kier molecular flexibility index (Phi) is 3.58. The molecule has 0 radical (unpaired) electrons. The lowest BCUT2D eigenvalue weighted by atomic mass is 9.93. The van der Waals surface area contributed by atoms with Gasteiger partial charge in [0.2, 0.25) is 0 Å². The molecule has 0 unspecified atom stereocenters. The molecule has 1 heterocycles. The molecule has 3 amide bonds. The van der Waals surface area contributed by atoms with Crippen LogP contribution in [0.15, 0.2) is 12.1 Å². The molecule has 2 aliphatic rings. The number of aliphatic hydroxyl groups is 1. The molecule has 0 bridgehead atoms. The summed E-state index contributed by atoms with van der Waals surface area (Å²) >= 11 is 6.15. The molecule has 1 saturated heterocycles. The fourth-order valence-electron chi connectivity index (χ4n) is 3.57. The standard InChI is InChI=1S/C16H16ClN3O3/c1-9-11(6-5-10(8-18)13(9)17)20-14(22)16(19(2)15(20)23)7-3-4-12(16)21/h5-6,12,21H,3-4,7H2,1-2H3/t12-,16-/m1/s1. The van der Waals surface area contributed by atoms with Gasteiger partial charge in [0.15, 0.2) is 0 Å². The van der Waals surface area contributed by atoms with Crippen molar-refractivity contribution in [3.8, 4) is 6.07 Å². The maximum Gasteiger partial charge on any atom is 0.332 e. The first-order valence-corrected chi connectivity index (χ1v) is 7.73. The first kappa shape index (κ1) is 15.8. The van der Waals surface area contributed by atoms with E-state index in [9.17, 15) is 14.7 Å². The highest BCUT2D eigenvalue weighted by molar-refractivity contribution is 6.33. The molecular weight excluding hydrogens is 318 g/mol. The third kappa shape index (κ3) is 1.90. The number of anilines is 1. The van der Waals surface area contributed by atoms with Crippen molar-refractivity contribution in [2.45, 2.75) is 37.8 Å². The zero-order chi connectivity index (χ0) is 16.9. The molecule has 3 rings (SSSR count). The highest BCUT2D eigenvalue weighted by Crippen LogP contribution is 2.44. The van der Waals surface area contributed by atoms with Gasteiger partial charge >= 0.3 is 6.03 Å². The molecule has 7 heteroatoms. The van der Waals surface area contributed by atoms with E-state index in [1.54, 1.807) is 13.0 Å². The topological polar surface area (TPSA) is 84.6 Å². The van der Waals surface area contributed by atoms with E-state index in [0.717, 1.165) is 4.90 Å². The minimum atomic E-state index is -1.19. The Morgan fingerprint density at radius 3 is 2.70 bits per heavy atom. The van der Waals surface area contributed by atoms with E-state index >= 15 is 0 Å². The summed E-state index contributed by atoms with van der Waals surface area (Å²) in [6.07, 6.45) is 0.744. The third-order valence-corrected chi connectivity index (χ3v) is 5.44. The van der Waals surface area contributed by atoms with Gasteiger partial charge in [0.05, 0.1) is 22.4 Å². The number of hydrogen-bond donors (Lipinski definition) is 1. The van der Waals surface area contributed by atoms with Gasteiger partial charge in [-0.15, -0.1) is 0 Å². The van der Waals surface area contributed by atoms with Gasteiger partial charge in [0.1, 0.15) is 11.6 Å². The molecule has 1 aliphatic carbocycles. The predicted octanol–water partition coefficient (Wildman–Crippen LogP) is 2.20. The minimum Gasteiger partial charge on any atom is -0.390 e. The number of imide groups is 1. The predicted molar refractivity (Wildman–Crippen MR) is 84.1 cm³/mol. The quantitative estimate of drug-likeness (QED) is 0.798. The number of halogens is 1. The average Bonchev–Trinajstić information content (AvgIpc) is 3.00. The summed E-state index contributed by atoms with van der Waals surface area (Å²) in [7, 11) is 1.54. The number of urea groups is 1. The lowest BCUT2D eigenvalue weighted by molar-refractivity contribution is -0.128. The number of rotatable bonds is 1. The Balaban J connectivity index is 2.12. The van der Waals surface area contributed by atoms with Crippen LogP contribution in [0.25, 0.3) is 0 Å². The summed E-state index contributed by atoms with van der Waals surface area (Å²) < 4.78 is 0. The van der Waals surface area contributed by atoms with Crippen molar-refractivity contribution in [3.63, 3.8) is 0 Å². The van der Waals surface area contributed by atoms with Gasteiger partial charge in [-0.25, -0.2) is 9.69 Å². The smallest absolute Gasteiger partial charge is 0.332 e. The fourth-order valence-corrected chi connectivity index (χ4v) is 3.77. The molecule has 1 aromatic carbocycles. The van der Waals surface area contributed by atoms with Crippen molar-refractivity contribution in [2.75, 3.05) is 11.9 Å². The highest BCUT2D eigenvalue weighted by Gasteiger charge is 2.62. The second-order valence-corrected chi connectivity index (χ2v) is 6.38. The number of carbonyl (C=O) groups excluding carboxylic acids is 2. The summed E-state index contributed by atoms with van der Waals surface area (Å²) in [5.74, 6) is -0.432. The number of benzene rings is 1. The van der Waals surface area contributed by atoms with Crippen LogP contribution in [0.1, 0.15) is 30.4 Å². The Hall–Kier alpha value is -2.10. The second-order valence-electron chi connectivity index (χ2n) is 6.00. The van der Waals surface area contributed by atoms with Gasteiger partial charge in [-0.05, 0) is 43.9 Å². The normalized spacial score (nSPS) is 27.2. The van der Waals surface area contributed by atoms with E-state index in [-0.39, 0.29) is 10.6 Å². The zero-order valence-electron chi connectivity index (χ0n) is 12.8. The zero-order valence-corrected chi connectivity index (χ0v) is 13.6. The Morgan fingerprint density at radius 2 is 2.13 bits per heavy atom. The molecule has 2 atom stereocenters. The Bertz CT molecular complexity index is 758. The number of nitrogens with zero attached hydrogens (tertiary/aromatic N) is 3. The maximum absolute atomic E-state index is 13.0. The van der Waals surface area contributed by atoms with Crippen LogP contribution in [0.4, 0.5) is 10.5 Å². The highest BCUT2D eigenvalue weighted by atomic mass is 35.5. The van der Waals surface area contributed by atoms with E-state index < -0.39 is 23.6 Å². The van der Waals surface area contributed by atoms with Gasteiger partial charge in [-0.3, -0.25) is 4.79 Å². The Morgan fingerprint density at radius 1 is 1.43 bits per heavy atom. The molecule has 1 spiro atoms. The number of carbonyl (C=O) groups is 2. The van der Waals surface area contributed by atoms with E-state index in [2.05, 4.69) is 0 Å². The van der Waals surface area contributed by atoms with Crippen molar-refractivity contribution in [1.82, 2.24) is 4.90 Å². The van der Waals surface area contributed by atoms with Crippen LogP contribution in [-0.4, -0.2) is 40.6 Å². The molecule has 1 aliphatic heterocycles. The van der Waals surface area contributed by atoms with Crippen LogP contribution >= 0.6 is 11.6 Å². The van der Waals surface area contributed by atoms with Crippen molar-refractivity contribution < 1.29 is 14.7 Å². The lowest BCUT2D eigenvalue weighted by Gasteiger charge is -2.31. The van der Waals surface area contributed by atoms with Crippen molar-refractivity contribution >= 4 is 29.2 Å². The first-order valence-electron chi connectivity index (χ1n) is 7.36. The molecule has 6 nitrogen and oxygen atoms in total. The number of aliphatic hydroxyl groups excluding tert-OH is 1. The third-order valence-electron chi connectivity index (χ3n) is 4.96. The molecular formula is C16H16ClN3O3. The van der Waals surface area contributed by atoms with Crippen LogP contribution in [0.3, 0.4) is 0 Å². The van der Waals surface area contributed by atoms with Gasteiger partial charge in [0, 0.05) is 7.05 Å². The van der Waals surface area contributed by atoms with Crippen molar-refractivity contribution in [2.24, 2.45) is 0 Å². The van der Waals surface area contributed by atoms with Gasteiger partial charge in [-0.1, -0.05) is 11.6 Å². The lowest BCUT2D eigenvalue weighted by Crippen LogP contribution is -2.53. The van der Waals surface area contributed by atoms with Crippen molar-refractivity contribution in [1.29, 1.82) is 5.26 Å². The van der Waals surface area contributed by atoms with Crippen LogP contribution in [0.5, 0.6) is 0 Å². The van der Waals surface area contributed by atoms with Gasteiger partial charge in [-0.2, -0.15) is 5.26 Å². The SMILES string of the molecule is Cc1c(N2C(=O)N(C)[C@@]3(CCC[C@H]3O)C2=O)ccc(C#N)c1Cl. The largest absolute Gasteiger partial charge is 0.390 e. The van der Waals surface area contributed by atoms with E-state index in [1.165, 1.54) is 18.0 Å². The van der Waals surface area contributed by atoms with Crippen LogP contribution in [-0.2, 0) is 4.79 Å². The molecule has 1 saturated carbocycles. The summed E-state index contributed by atoms with van der Waals surface area (Å²) in [6, 6.07) is 4.52. The first-order chi connectivity index (χ1) is 10.9. The van der Waals surface area contributed by atoms with Gasteiger partial charge < -0.3 is 10.0 Å². The maximum atomic E-state index is 13.0. The minimum absolute atomic E-state index is 0.223. The number of hydrogen-bond acceptors (Lipinski definition) is 4. The summed E-state index contributed by atoms with van der Waals surface area (Å²) in [5, 5.41) is 19.5. The number of amides is 3. The Labute approximate surface area is 138 Å². The molecule has 0 aromatic heterocycles. The van der Waals surface area contributed by atoms with Crippen LogP contribution in [0.2, 0.25) is 5.02 Å². The van der Waals surface area contributed by atoms with E-state index in [1.807, 2.05) is 6.07 Å². The van der Waals surface area contributed by atoms with Crippen molar-refractivity contribution in [3.05, 3.63) is 28.3 Å². The van der Waals surface area contributed by atoms with E-state index in [4.69, 9.17) is 16.9 Å². The van der Waals surface area contributed by atoms with Crippen LogP contribution in [0, 0.1) is 18.3 Å². The molecule has 120 valence electrons. The van der Waals surface area contributed by atoms with Crippen LogP contribution < -0.4 is 4.90 Å². The molecule has 2 fully saturated rings. The number of likely N-dealkylation sites (N-methyl/N-ethyl adjacent to an activating group) is 1. The summed E-state index contributed by atoms with van der Waals surface area (Å²) in [5.41, 5.74) is -0.0580. The molecule has 1 aromatic rings. The van der Waals surface area contributed by atoms with Gasteiger partial charge in [0.25, 0.3) is 5.91 Å². The molecule has 1 N–H and O–H groups in total. The second kappa shape index (κ2) is 5.22. The molecule has 23 heavy (non-hydrogen) atoms.